The monoisotopic (exact) mass is 404 g/mol. The Morgan fingerprint density at radius 1 is 0.786 bits per heavy atom. The molecule has 1 unspecified atom stereocenters. The van der Waals surface area contributed by atoms with Crippen LogP contribution in [0, 0.1) is 0 Å². The van der Waals surface area contributed by atoms with E-state index in [-0.39, 0.29) is 0 Å². The van der Waals surface area contributed by atoms with Crippen LogP contribution in [0.25, 0.3) is 11.1 Å². The number of rotatable bonds is 5. The van der Waals surface area contributed by atoms with Crippen molar-refractivity contribution in [2.45, 2.75) is 6.18 Å². The number of alkyl halides is 3. The van der Waals surface area contributed by atoms with Crippen LogP contribution in [0.3, 0.4) is 0 Å². The molecule has 0 spiro atoms. The van der Waals surface area contributed by atoms with Gasteiger partial charge >= 0.3 is 12.1 Å². The van der Waals surface area contributed by atoms with E-state index in [4.69, 9.17) is 9.26 Å². The lowest BCUT2D eigenvalue weighted by molar-refractivity contribution is -0.188. The predicted molar refractivity (Wildman–Crippen MR) is 103 cm³/mol. The van der Waals surface area contributed by atoms with Gasteiger partial charge in [0.15, 0.2) is 8.15 Å². The fraction of sp³-hybridized carbons (Fsp3) is 0.0952. The second-order valence-corrected chi connectivity index (χ2v) is 7.59. The normalized spacial score (nSPS) is 12.3. The summed E-state index contributed by atoms with van der Waals surface area (Å²) in [5.74, 6) is -1.46. The van der Waals surface area contributed by atoms with Crippen molar-refractivity contribution < 1.29 is 27.2 Å². The Kier molecular flexibility index (Phi) is 6.00. The fourth-order valence-electron chi connectivity index (χ4n) is 2.53. The van der Waals surface area contributed by atoms with Gasteiger partial charge in [-0.05, 0) is 23.3 Å². The van der Waals surface area contributed by atoms with Gasteiger partial charge in [0.1, 0.15) is 5.75 Å². The molecule has 3 rings (SSSR count). The SMILES string of the molecule is COc1ccc(-c2ccc(P(OC(=O)C(F)(F)F)c3ccccc3)cc2)cc1. The molecule has 0 heterocycles. The van der Waals surface area contributed by atoms with Crippen molar-refractivity contribution >= 4 is 24.7 Å². The molecule has 0 radical (unpaired) electrons. The molecule has 0 bridgehead atoms. The summed E-state index contributed by atoms with van der Waals surface area (Å²) in [7, 11) is -0.352. The maximum absolute atomic E-state index is 12.7. The van der Waals surface area contributed by atoms with Crippen LogP contribution < -0.4 is 15.3 Å². The molecule has 1 atom stereocenters. The summed E-state index contributed by atoms with van der Waals surface area (Å²) in [5, 5.41) is 1.03. The highest BCUT2D eigenvalue weighted by molar-refractivity contribution is 7.69. The number of hydrogen-bond donors (Lipinski definition) is 0. The van der Waals surface area contributed by atoms with Crippen LogP contribution >= 0.6 is 8.15 Å². The quantitative estimate of drug-likeness (QED) is 0.573. The van der Waals surface area contributed by atoms with E-state index in [9.17, 15) is 18.0 Å². The number of carbonyl (C=O) groups excluding carboxylic acids is 1. The van der Waals surface area contributed by atoms with Crippen molar-refractivity contribution in [2.24, 2.45) is 0 Å². The third-order valence-corrected chi connectivity index (χ3v) is 5.80. The Hall–Kier alpha value is -2.85. The van der Waals surface area contributed by atoms with E-state index in [0.717, 1.165) is 16.9 Å². The standard InChI is InChI=1S/C21H16F3O3P/c1-26-17-11-7-15(8-12-17)16-9-13-19(14-10-16)28(18-5-3-2-4-6-18)27-20(25)21(22,23)24/h2-14H,1H3. The van der Waals surface area contributed by atoms with Crippen LogP contribution in [0.1, 0.15) is 0 Å². The van der Waals surface area contributed by atoms with Gasteiger partial charge in [0, 0.05) is 10.6 Å². The maximum atomic E-state index is 12.7. The number of hydrogen-bond acceptors (Lipinski definition) is 3. The van der Waals surface area contributed by atoms with E-state index in [1.165, 1.54) is 0 Å². The highest BCUT2D eigenvalue weighted by Crippen LogP contribution is 2.38. The van der Waals surface area contributed by atoms with E-state index in [1.807, 2.05) is 24.3 Å². The molecule has 3 aromatic carbocycles. The van der Waals surface area contributed by atoms with Crippen LogP contribution in [-0.4, -0.2) is 19.3 Å². The summed E-state index contributed by atoms with van der Waals surface area (Å²) < 4.78 is 48.1. The number of halogens is 3. The summed E-state index contributed by atoms with van der Waals surface area (Å²) >= 11 is 0. The van der Waals surface area contributed by atoms with Gasteiger partial charge in [0.2, 0.25) is 0 Å². The number of methoxy groups -OCH3 is 1. The van der Waals surface area contributed by atoms with E-state index >= 15 is 0 Å². The molecular formula is C21H16F3O3P. The first-order valence-electron chi connectivity index (χ1n) is 8.27. The summed E-state index contributed by atoms with van der Waals surface area (Å²) in [6.45, 7) is 0. The first-order valence-corrected chi connectivity index (χ1v) is 9.53. The van der Waals surface area contributed by atoms with E-state index in [1.54, 1.807) is 61.7 Å². The van der Waals surface area contributed by atoms with Gasteiger partial charge in [0.25, 0.3) is 0 Å². The van der Waals surface area contributed by atoms with Gasteiger partial charge in [-0.2, -0.15) is 13.2 Å². The van der Waals surface area contributed by atoms with Gasteiger partial charge in [-0.1, -0.05) is 66.7 Å². The van der Waals surface area contributed by atoms with Gasteiger partial charge in [0.05, 0.1) is 7.11 Å². The molecule has 0 amide bonds. The zero-order valence-electron chi connectivity index (χ0n) is 14.8. The predicted octanol–water partition coefficient (Wildman–Crippen LogP) is 4.82. The molecule has 0 N–H and O–H groups in total. The van der Waals surface area contributed by atoms with Crippen molar-refractivity contribution in [1.29, 1.82) is 0 Å². The van der Waals surface area contributed by atoms with Gasteiger partial charge < -0.3 is 9.26 Å². The molecule has 28 heavy (non-hydrogen) atoms. The second-order valence-electron chi connectivity index (χ2n) is 5.78. The van der Waals surface area contributed by atoms with E-state index in [2.05, 4.69) is 0 Å². The van der Waals surface area contributed by atoms with E-state index in [0.29, 0.717) is 10.6 Å². The van der Waals surface area contributed by atoms with Crippen molar-refractivity contribution in [3.05, 3.63) is 78.9 Å². The maximum Gasteiger partial charge on any atom is 0.491 e. The largest absolute Gasteiger partial charge is 0.497 e. The number of benzene rings is 3. The molecule has 0 aromatic heterocycles. The highest BCUT2D eigenvalue weighted by Gasteiger charge is 2.43. The molecule has 3 aromatic rings. The molecule has 3 nitrogen and oxygen atoms in total. The Morgan fingerprint density at radius 3 is 1.79 bits per heavy atom. The van der Waals surface area contributed by atoms with Gasteiger partial charge in [-0.25, -0.2) is 4.79 Å². The van der Waals surface area contributed by atoms with Crippen molar-refractivity contribution in [3.63, 3.8) is 0 Å². The molecule has 0 saturated heterocycles. The fourth-order valence-corrected chi connectivity index (χ4v) is 4.17. The topological polar surface area (TPSA) is 35.5 Å². The smallest absolute Gasteiger partial charge is 0.491 e. The minimum Gasteiger partial charge on any atom is -0.497 e. The third-order valence-electron chi connectivity index (χ3n) is 3.92. The summed E-state index contributed by atoms with van der Waals surface area (Å²) in [6, 6.07) is 22.8. The van der Waals surface area contributed by atoms with Crippen molar-refractivity contribution in [2.75, 3.05) is 7.11 Å². The molecule has 0 aliphatic rings. The Morgan fingerprint density at radius 2 is 1.29 bits per heavy atom. The molecule has 0 aliphatic carbocycles. The molecule has 0 saturated carbocycles. The summed E-state index contributed by atoms with van der Waals surface area (Å²) in [5.41, 5.74) is 1.82. The zero-order valence-corrected chi connectivity index (χ0v) is 15.7. The number of carbonyl (C=O) groups is 1. The van der Waals surface area contributed by atoms with Crippen molar-refractivity contribution in [1.82, 2.24) is 0 Å². The minimum atomic E-state index is -5.04. The first kappa shape index (κ1) is 19.9. The Labute approximate surface area is 161 Å². The molecule has 0 fully saturated rings. The average molecular weight is 404 g/mol. The van der Waals surface area contributed by atoms with Gasteiger partial charge in [-0.15, -0.1) is 0 Å². The van der Waals surface area contributed by atoms with Gasteiger partial charge in [-0.3, -0.25) is 0 Å². The average Bonchev–Trinajstić information content (AvgIpc) is 2.72. The molecule has 0 aliphatic heterocycles. The highest BCUT2D eigenvalue weighted by atomic mass is 31.1. The summed E-state index contributed by atoms with van der Waals surface area (Å²) in [6.07, 6.45) is -5.04. The lowest BCUT2D eigenvalue weighted by Gasteiger charge is -2.19. The lowest BCUT2D eigenvalue weighted by Crippen LogP contribution is -2.27. The molecule has 7 heteroatoms. The number of ether oxygens (including phenoxy) is 1. The molecular weight excluding hydrogens is 388 g/mol. The van der Waals surface area contributed by atoms with Crippen LogP contribution in [0.4, 0.5) is 13.2 Å². The lowest BCUT2D eigenvalue weighted by atomic mass is 10.1. The van der Waals surface area contributed by atoms with Crippen LogP contribution in [0.15, 0.2) is 78.9 Å². The zero-order chi connectivity index (χ0) is 20.1. The summed E-state index contributed by atoms with van der Waals surface area (Å²) in [4.78, 5) is 11.4. The van der Waals surface area contributed by atoms with Crippen molar-refractivity contribution in [3.8, 4) is 16.9 Å². The minimum absolute atomic E-state index is 0.510. The third kappa shape index (κ3) is 4.70. The first-order chi connectivity index (χ1) is 13.4. The van der Waals surface area contributed by atoms with E-state index < -0.39 is 20.3 Å². The van der Waals surface area contributed by atoms with Crippen LogP contribution in [0.5, 0.6) is 5.75 Å². The van der Waals surface area contributed by atoms with Crippen LogP contribution in [-0.2, 0) is 9.32 Å². The van der Waals surface area contributed by atoms with Crippen LogP contribution in [0.2, 0.25) is 0 Å². The Bertz CT molecular complexity index is 924. The Balaban J connectivity index is 1.90. The molecule has 144 valence electrons. The second kappa shape index (κ2) is 8.44.